The summed E-state index contributed by atoms with van der Waals surface area (Å²) in [6.45, 7) is 1.61. The number of β-amino-alcohol motifs (C(OH)–C–C–N with tert-alkyl or cyclic N) is 1. The zero-order chi connectivity index (χ0) is 11.5. The average Bonchev–Trinajstić information content (AvgIpc) is 2.29. The Bertz CT molecular complexity index is 341. The molecule has 1 aromatic rings. The monoisotopic (exact) mass is 285 g/mol. The summed E-state index contributed by atoms with van der Waals surface area (Å²) < 4.78 is 1.05. The molecule has 1 heterocycles. The first-order valence-electron chi connectivity index (χ1n) is 5.48. The van der Waals surface area contributed by atoms with Crippen LogP contribution in [0.15, 0.2) is 28.7 Å². The van der Waals surface area contributed by atoms with E-state index in [1.54, 1.807) is 0 Å². The zero-order valence-electron chi connectivity index (χ0n) is 9.01. The third-order valence-corrected chi connectivity index (χ3v) is 3.49. The number of aliphatic hydroxyl groups is 2. The molecule has 2 N–H and O–H groups in total. The molecule has 2 rings (SSSR count). The lowest BCUT2D eigenvalue weighted by atomic mass is 9.96. The van der Waals surface area contributed by atoms with E-state index in [-0.39, 0.29) is 18.6 Å². The number of halogens is 1. The lowest BCUT2D eigenvalue weighted by Gasteiger charge is -2.36. The zero-order valence-corrected chi connectivity index (χ0v) is 10.6. The normalized spacial score (nSPS) is 25.8. The quantitative estimate of drug-likeness (QED) is 0.868. The van der Waals surface area contributed by atoms with E-state index < -0.39 is 0 Å². The highest BCUT2D eigenvalue weighted by atomic mass is 79.9. The molecule has 0 aliphatic carbocycles. The second-order valence-electron chi connectivity index (χ2n) is 4.32. The van der Waals surface area contributed by atoms with Gasteiger partial charge in [-0.25, -0.2) is 0 Å². The van der Waals surface area contributed by atoms with Crippen molar-refractivity contribution >= 4 is 21.6 Å². The number of nitrogens with zero attached hydrogens (tertiary/aromatic N) is 1. The van der Waals surface area contributed by atoms with Crippen LogP contribution in [0.5, 0.6) is 0 Å². The molecule has 0 spiro atoms. The molecule has 1 saturated heterocycles. The molecule has 1 aliphatic rings. The van der Waals surface area contributed by atoms with Crippen molar-refractivity contribution < 1.29 is 10.2 Å². The van der Waals surface area contributed by atoms with Gasteiger partial charge in [0.25, 0.3) is 0 Å². The maximum absolute atomic E-state index is 9.73. The Labute approximate surface area is 104 Å². The second-order valence-corrected chi connectivity index (χ2v) is 5.24. The maximum atomic E-state index is 9.73. The first-order chi connectivity index (χ1) is 7.69. The van der Waals surface area contributed by atoms with Gasteiger partial charge < -0.3 is 15.1 Å². The molecule has 0 saturated carbocycles. The molecule has 0 radical (unpaired) electrons. The molecule has 88 valence electrons. The Balaban J connectivity index is 2.11. The van der Waals surface area contributed by atoms with E-state index in [1.165, 1.54) is 0 Å². The molecule has 0 aromatic heterocycles. The summed E-state index contributed by atoms with van der Waals surface area (Å²) in [4.78, 5) is 2.13. The van der Waals surface area contributed by atoms with E-state index in [0.717, 1.165) is 16.7 Å². The van der Waals surface area contributed by atoms with Gasteiger partial charge in [0.2, 0.25) is 0 Å². The van der Waals surface area contributed by atoms with Crippen LogP contribution in [0.1, 0.15) is 6.42 Å². The molecule has 2 atom stereocenters. The third-order valence-electron chi connectivity index (χ3n) is 2.97. The number of piperidine rings is 1. The molecule has 16 heavy (non-hydrogen) atoms. The van der Waals surface area contributed by atoms with Gasteiger partial charge in [0, 0.05) is 35.8 Å². The van der Waals surface area contributed by atoms with Crippen LogP contribution in [-0.4, -0.2) is 36.0 Å². The summed E-state index contributed by atoms with van der Waals surface area (Å²) >= 11 is 3.40. The van der Waals surface area contributed by atoms with E-state index in [9.17, 15) is 10.2 Å². The number of aliphatic hydroxyl groups excluding tert-OH is 2. The minimum absolute atomic E-state index is 0.143. The standard InChI is InChI=1S/C12H16BrNO2/c13-10-1-3-11(4-2-10)14-6-9(8-15)5-12(16)7-14/h1-4,9,12,15-16H,5-8H2. The first kappa shape index (κ1) is 11.9. The van der Waals surface area contributed by atoms with Crippen LogP contribution in [0.3, 0.4) is 0 Å². The number of benzene rings is 1. The van der Waals surface area contributed by atoms with Gasteiger partial charge in [-0.3, -0.25) is 0 Å². The average molecular weight is 286 g/mol. The predicted molar refractivity (Wildman–Crippen MR) is 67.6 cm³/mol. The number of anilines is 1. The molecule has 1 aliphatic heterocycles. The van der Waals surface area contributed by atoms with Crippen molar-refractivity contribution in [2.45, 2.75) is 12.5 Å². The van der Waals surface area contributed by atoms with Gasteiger partial charge in [-0.1, -0.05) is 15.9 Å². The molecule has 0 bridgehead atoms. The number of hydrogen-bond acceptors (Lipinski definition) is 3. The Hall–Kier alpha value is -0.580. The van der Waals surface area contributed by atoms with E-state index in [4.69, 9.17) is 0 Å². The van der Waals surface area contributed by atoms with E-state index in [0.29, 0.717) is 13.0 Å². The second kappa shape index (κ2) is 5.17. The predicted octanol–water partition coefficient (Wildman–Crippen LogP) is 1.63. The van der Waals surface area contributed by atoms with Crippen LogP contribution in [-0.2, 0) is 0 Å². The fourth-order valence-electron chi connectivity index (χ4n) is 2.17. The summed E-state index contributed by atoms with van der Waals surface area (Å²) in [6, 6.07) is 8.03. The van der Waals surface area contributed by atoms with E-state index in [1.807, 2.05) is 24.3 Å². The molecule has 4 heteroatoms. The van der Waals surface area contributed by atoms with Crippen LogP contribution < -0.4 is 4.90 Å². The lowest BCUT2D eigenvalue weighted by Crippen LogP contribution is -2.44. The molecular formula is C12H16BrNO2. The minimum Gasteiger partial charge on any atom is -0.396 e. The van der Waals surface area contributed by atoms with Crippen molar-refractivity contribution in [2.75, 3.05) is 24.6 Å². The maximum Gasteiger partial charge on any atom is 0.0719 e. The molecule has 3 nitrogen and oxygen atoms in total. The van der Waals surface area contributed by atoms with Gasteiger partial charge in [-0.2, -0.15) is 0 Å². The molecule has 1 fully saturated rings. The SMILES string of the molecule is OCC1CC(O)CN(c2ccc(Br)cc2)C1. The topological polar surface area (TPSA) is 43.7 Å². The van der Waals surface area contributed by atoms with Crippen LogP contribution in [0.25, 0.3) is 0 Å². The van der Waals surface area contributed by atoms with Crippen LogP contribution >= 0.6 is 15.9 Å². The Kier molecular flexibility index (Phi) is 3.84. The Morgan fingerprint density at radius 3 is 2.56 bits per heavy atom. The van der Waals surface area contributed by atoms with Gasteiger partial charge in [-0.05, 0) is 30.7 Å². The number of hydrogen-bond donors (Lipinski definition) is 2. The summed E-state index contributed by atoms with van der Waals surface area (Å²) in [5.41, 5.74) is 1.10. The van der Waals surface area contributed by atoms with Crippen molar-refractivity contribution in [3.05, 3.63) is 28.7 Å². The summed E-state index contributed by atoms with van der Waals surface area (Å²) in [7, 11) is 0. The van der Waals surface area contributed by atoms with Crippen molar-refractivity contribution in [1.29, 1.82) is 0 Å². The highest BCUT2D eigenvalue weighted by molar-refractivity contribution is 9.10. The van der Waals surface area contributed by atoms with Crippen LogP contribution in [0.4, 0.5) is 5.69 Å². The summed E-state index contributed by atoms with van der Waals surface area (Å²) in [5, 5.41) is 18.9. The van der Waals surface area contributed by atoms with Gasteiger partial charge in [0.05, 0.1) is 6.10 Å². The van der Waals surface area contributed by atoms with Crippen molar-refractivity contribution in [2.24, 2.45) is 5.92 Å². The van der Waals surface area contributed by atoms with Gasteiger partial charge in [0.1, 0.15) is 0 Å². The third kappa shape index (κ3) is 2.75. The van der Waals surface area contributed by atoms with Crippen LogP contribution in [0.2, 0.25) is 0 Å². The van der Waals surface area contributed by atoms with Crippen molar-refractivity contribution in [3.63, 3.8) is 0 Å². The molecule has 0 amide bonds. The smallest absolute Gasteiger partial charge is 0.0719 e. The summed E-state index contributed by atoms with van der Waals surface area (Å²) in [6.07, 6.45) is 0.360. The largest absolute Gasteiger partial charge is 0.396 e. The van der Waals surface area contributed by atoms with Crippen molar-refractivity contribution in [3.8, 4) is 0 Å². The van der Waals surface area contributed by atoms with E-state index >= 15 is 0 Å². The van der Waals surface area contributed by atoms with Gasteiger partial charge in [0.15, 0.2) is 0 Å². The first-order valence-corrected chi connectivity index (χ1v) is 6.28. The molecule has 2 unspecified atom stereocenters. The number of rotatable bonds is 2. The lowest BCUT2D eigenvalue weighted by molar-refractivity contribution is 0.100. The Morgan fingerprint density at radius 1 is 1.25 bits per heavy atom. The summed E-state index contributed by atoms with van der Waals surface area (Å²) in [5.74, 6) is 0.174. The molecule has 1 aromatic carbocycles. The minimum atomic E-state index is -0.338. The van der Waals surface area contributed by atoms with Gasteiger partial charge in [-0.15, -0.1) is 0 Å². The molecular weight excluding hydrogens is 270 g/mol. The fourth-order valence-corrected chi connectivity index (χ4v) is 2.43. The highest BCUT2D eigenvalue weighted by Crippen LogP contribution is 2.24. The Morgan fingerprint density at radius 2 is 1.94 bits per heavy atom. The highest BCUT2D eigenvalue weighted by Gasteiger charge is 2.25. The van der Waals surface area contributed by atoms with E-state index in [2.05, 4.69) is 20.8 Å². The van der Waals surface area contributed by atoms with Gasteiger partial charge >= 0.3 is 0 Å². The van der Waals surface area contributed by atoms with Crippen molar-refractivity contribution in [1.82, 2.24) is 0 Å². The van der Waals surface area contributed by atoms with Crippen LogP contribution in [0, 0.1) is 5.92 Å². The fraction of sp³-hybridized carbons (Fsp3) is 0.500.